The van der Waals surface area contributed by atoms with E-state index in [9.17, 15) is 4.79 Å². The summed E-state index contributed by atoms with van der Waals surface area (Å²) in [6.45, 7) is 3.95. The number of rotatable bonds is 1. The van der Waals surface area contributed by atoms with Crippen LogP contribution in [-0.2, 0) is 0 Å². The van der Waals surface area contributed by atoms with Crippen molar-refractivity contribution >= 4 is 11.7 Å². The molecular weight excluding hydrogens is 236 g/mol. The third kappa shape index (κ3) is 2.75. The maximum Gasteiger partial charge on any atom is 0.321 e. The number of nitrogens with zero attached hydrogens (tertiary/aromatic N) is 1. The predicted molar refractivity (Wildman–Crippen MR) is 77.2 cm³/mol. The lowest BCUT2D eigenvalue weighted by molar-refractivity contribution is 0.220. The third-order valence-corrected chi connectivity index (χ3v) is 4.57. The number of carbonyl (C=O) groups excluding carboxylic acids is 1. The van der Waals surface area contributed by atoms with Crippen LogP contribution < -0.4 is 5.32 Å². The first-order chi connectivity index (χ1) is 9.22. The largest absolute Gasteiger partial charge is 0.324 e. The molecule has 2 atom stereocenters. The van der Waals surface area contributed by atoms with Gasteiger partial charge in [-0.05, 0) is 43.7 Å². The van der Waals surface area contributed by atoms with Crippen LogP contribution in [0.25, 0.3) is 0 Å². The molecule has 3 rings (SSSR count). The second-order valence-electron chi connectivity index (χ2n) is 6.01. The van der Waals surface area contributed by atoms with Crippen molar-refractivity contribution in [2.45, 2.75) is 32.6 Å². The molecule has 1 aromatic carbocycles. The number of nitrogens with one attached hydrogen (secondary N) is 1. The summed E-state index contributed by atoms with van der Waals surface area (Å²) in [4.78, 5) is 14.3. The number of likely N-dealkylation sites (tertiary alicyclic amines) is 1. The lowest BCUT2D eigenvalue weighted by Gasteiger charge is -2.22. The Morgan fingerprint density at radius 3 is 2.26 bits per heavy atom. The summed E-state index contributed by atoms with van der Waals surface area (Å²) in [5.41, 5.74) is 2.11. The zero-order chi connectivity index (χ0) is 13.2. The van der Waals surface area contributed by atoms with Crippen LogP contribution in [0, 0.1) is 18.8 Å². The van der Waals surface area contributed by atoms with Crippen LogP contribution in [-0.4, -0.2) is 24.0 Å². The van der Waals surface area contributed by atoms with Crippen LogP contribution in [0.5, 0.6) is 0 Å². The van der Waals surface area contributed by atoms with E-state index in [4.69, 9.17) is 0 Å². The zero-order valence-electron chi connectivity index (χ0n) is 11.6. The van der Waals surface area contributed by atoms with Crippen molar-refractivity contribution in [2.75, 3.05) is 18.4 Å². The minimum Gasteiger partial charge on any atom is -0.324 e. The fourth-order valence-corrected chi connectivity index (χ4v) is 3.41. The normalized spacial score (nSPS) is 26.1. The van der Waals surface area contributed by atoms with Crippen molar-refractivity contribution in [3.63, 3.8) is 0 Å². The van der Waals surface area contributed by atoms with E-state index in [0.717, 1.165) is 30.6 Å². The molecule has 2 unspecified atom stereocenters. The zero-order valence-corrected chi connectivity index (χ0v) is 11.6. The average Bonchev–Trinajstić information content (AvgIpc) is 2.85. The molecule has 1 N–H and O–H groups in total. The number of carbonyl (C=O) groups is 1. The summed E-state index contributed by atoms with van der Waals surface area (Å²) in [7, 11) is 0. The van der Waals surface area contributed by atoms with E-state index < -0.39 is 0 Å². The summed E-state index contributed by atoms with van der Waals surface area (Å²) in [6, 6.07) is 8.06. The number of aryl methyl sites for hydroxylation is 1. The van der Waals surface area contributed by atoms with Crippen molar-refractivity contribution in [3.8, 4) is 0 Å². The van der Waals surface area contributed by atoms with Crippen LogP contribution in [0.1, 0.15) is 31.2 Å². The second kappa shape index (κ2) is 5.24. The maximum absolute atomic E-state index is 12.3. The molecule has 1 heterocycles. The smallest absolute Gasteiger partial charge is 0.321 e. The van der Waals surface area contributed by atoms with E-state index >= 15 is 0 Å². The van der Waals surface area contributed by atoms with Gasteiger partial charge in [0.15, 0.2) is 0 Å². The molecule has 2 fully saturated rings. The molecule has 2 amide bonds. The Morgan fingerprint density at radius 1 is 1.11 bits per heavy atom. The third-order valence-electron chi connectivity index (χ3n) is 4.57. The summed E-state index contributed by atoms with van der Waals surface area (Å²) < 4.78 is 0. The number of benzene rings is 1. The minimum atomic E-state index is 0.0678. The topological polar surface area (TPSA) is 32.3 Å². The molecule has 19 heavy (non-hydrogen) atoms. The van der Waals surface area contributed by atoms with Gasteiger partial charge in [-0.3, -0.25) is 0 Å². The van der Waals surface area contributed by atoms with E-state index in [1.807, 2.05) is 29.2 Å². The van der Waals surface area contributed by atoms with Gasteiger partial charge in [-0.2, -0.15) is 0 Å². The lowest BCUT2D eigenvalue weighted by atomic mass is 9.82. The molecule has 0 aromatic heterocycles. The van der Waals surface area contributed by atoms with Crippen molar-refractivity contribution in [1.82, 2.24) is 4.90 Å². The molecule has 2 aliphatic rings. The van der Waals surface area contributed by atoms with Crippen LogP contribution >= 0.6 is 0 Å². The maximum atomic E-state index is 12.3. The fourth-order valence-electron chi connectivity index (χ4n) is 3.41. The van der Waals surface area contributed by atoms with Gasteiger partial charge in [0.2, 0.25) is 0 Å². The first kappa shape index (κ1) is 12.5. The molecule has 1 saturated carbocycles. The number of amides is 2. The molecule has 1 aromatic rings. The summed E-state index contributed by atoms with van der Waals surface area (Å²) in [6.07, 6.45) is 5.29. The Hall–Kier alpha value is -1.51. The molecular formula is C16H22N2O. The van der Waals surface area contributed by atoms with E-state index in [-0.39, 0.29) is 6.03 Å². The second-order valence-corrected chi connectivity index (χ2v) is 6.01. The number of hydrogen-bond donors (Lipinski definition) is 1. The van der Waals surface area contributed by atoms with Crippen molar-refractivity contribution in [2.24, 2.45) is 11.8 Å². The number of hydrogen-bond acceptors (Lipinski definition) is 1. The van der Waals surface area contributed by atoms with Crippen molar-refractivity contribution in [3.05, 3.63) is 29.8 Å². The highest BCUT2D eigenvalue weighted by atomic mass is 16.2. The molecule has 1 aliphatic carbocycles. The molecule has 3 nitrogen and oxygen atoms in total. The van der Waals surface area contributed by atoms with Gasteiger partial charge in [0.1, 0.15) is 0 Å². The Labute approximate surface area is 115 Å². The molecule has 1 aliphatic heterocycles. The molecule has 0 bridgehead atoms. The highest BCUT2D eigenvalue weighted by Gasteiger charge is 2.36. The fraction of sp³-hybridized carbons (Fsp3) is 0.562. The van der Waals surface area contributed by atoms with Crippen LogP contribution in [0.4, 0.5) is 10.5 Å². The Morgan fingerprint density at radius 2 is 1.68 bits per heavy atom. The molecule has 3 heteroatoms. The Bertz CT molecular complexity index is 440. The van der Waals surface area contributed by atoms with E-state index in [0.29, 0.717) is 0 Å². The standard InChI is InChI=1S/C16H22N2O/c1-12-6-8-15(9-7-12)17-16(19)18-10-13-4-2-3-5-14(13)11-18/h6-9,13-14H,2-5,10-11H2,1H3,(H,17,19). The predicted octanol–water partition coefficient (Wildman–Crippen LogP) is 3.65. The number of anilines is 1. The van der Waals surface area contributed by atoms with Gasteiger partial charge in [-0.1, -0.05) is 30.5 Å². The monoisotopic (exact) mass is 258 g/mol. The first-order valence-corrected chi connectivity index (χ1v) is 7.35. The Balaban J connectivity index is 1.60. The van der Waals surface area contributed by atoms with Gasteiger partial charge in [0, 0.05) is 18.8 Å². The molecule has 1 saturated heterocycles. The van der Waals surface area contributed by atoms with Gasteiger partial charge in [-0.25, -0.2) is 4.79 Å². The quantitative estimate of drug-likeness (QED) is 0.819. The molecule has 0 spiro atoms. The SMILES string of the molecule is Cc1ccc(NC(=O)N2CC3CCCCC3C2)cc1. The minimum absolute atomic E-state index is 0.0678. The van der Waals surface area contributed by atoms with Gasteiger partial charge in [-0.15, -0.1) is 0 Å². The van der Waals surface area contributed by atoms with E-state index in [1.165, 1.54) is 31.2 Å². The van der Waals surface area contributed by atoms with Gasteiger partial charge in [0.25, 0.3) is 0 Å². The van der Waals surface area contributed by atoms with Crippen molar-refractivity contribution in [1.29, 1.82) is 0 Å². The average molecular weight is 258 g/mol. The highest BCUT2D eigenvalue weighted by molar-refractivity contribution is 5.89. The Kier molecular flexibility index (Phi) is 3.45. The van der Waals surface area contributed by atoms with E-state index in [2.05, 4.69) is 12.2 Å². The summed E-state index contributed by atoms with van der Waals surface area (Å²) in [5, 5.41) is 3.01. The van der Waals surface area contributed by atoms with Crippen molar-refractivity contribution < 1.29 is 4.79 Å². The lowest BCUT2D eigenvalue weighted by Crippen LogP contribution is -2.33. The molecule has 0 radical (unpaired) electrons. The van der Waals surface area contributed by atoms with Gasteiger partial charge >= 0.3 is 6.03 Å². The highest BCUT2D eigenvalue weighted by Crippen LogP contribution is 2.36. The van der Waals surface area contributed by atoms with Crippen LogP contribution in [0.2, 0.25) is 0 Å². The number of urea groups is 1. The molecule has 102 valence electrons. The van der Waals surface area contributed by atoms with Gasteiger partial charge in [0.05, 0.1) is 0 Å². The number of fused-ring (bicyclic) bond motifs is 1. The summed E-state index contributed by atoms with van der Waals surface area (Å²) >= 11 is 0. The van der Waals surface area contributed by atoms with Crippen LogP contribution in [0.3, 0.4) is 0 Å². The van der Waals surface area contributed by atoms with E-state index in [1.54, 1.807) is 0 Å². The van der Waals surface area contributed by atoms with Crippen LogP contribution in [0.15, 0.2) is 24.3 Å². The van der Waals surface area contributed by atoms with Gasteiger partial charge < -0.3 is 10.2 Å². The first-order valence-electron chi connectivity index (χ1n) is 7.35. The summed E-state index contributed by atoms with van der Waals surface area (Å²) in [5.74, 6) is 1.50.